The molecular weight excluding hydrogens is 432 g/mol. The van der Waals surface area contributed by atoms with Crippen molar-refractivity contribution in [2.24, 2.45) is 7.05 Å². The molecule has 0 spiro atoms. The summed E-state index contributed by atoms with van der Waals surface area (Å²) >= 11 is 6.15. The molecule has 0 saturated heterocycles. The van der Waals surface area contributed by atoms with Gasteiger partial charge in [0, 0.05) is 20.1 Å². The van der Waals surface area contributed by atoms with E-state index in [0.29, 0.717) is 23.5 Å². The maximum absolute atomic E-state index is 13.2. The van der Waals surface area contributed by atoms with Crippen molar-refractivity contribution in [1.29, 1.82) is 0 Å². The number of rotatable bonds is 8. The van der Waals surface area contributed by atoms with Crippen molar-refractivity contribution in [3.63, 3.8) is 0 Å². The highest BCUT2D eigenvalue weighted by atomic mass is 35.5. The lowest BCUT2D eigenvalue weighted by Gasteiger charge is -2.10. The third-order valence-corrected chi connectivity index (χ3v) is 7.18. The predicted molar refractivity (Wildman–Crippen MR) is 114 cm³/mol. The van der Waals surface area contributed by atoms with Gasteiger partial charge in [-0.2, -0.15) is 22.7 Å². The third kappa shape index (κ3) is 3.60. The average molecular weight is 457 g/mol. The summed E-state index contributed by atoms with van der Waals surface area (Å²) in [6, 6.07) is 0. The van der Waals surface area contributed by atoms with Crippen LogP contribution in [0.25, 0.3) is 11.0 Å². The number of hydrogen-bond donors (Lipinski definition) is 0. The SMILES string of the molecule is CCCCn1c(=O)c2nn(S(=O)(=O)c3c(C)nn(C)c3Cl)cc2n(CCCC)c1=O. The van der Waals surface area contributed by atoms with Crippen LogP contribution in [0.15, 0.2) is 20.7 Å². The smallest absolute Gasteiger partial charge is 0.290 e. The minimum atomic E-state index is -4.21. The molecule has 0 atom stereocenters. The molecule has 30 heavy (non-hydrogen) atoms. The zero-order valence-electron chi connectivity index (χ0n) is 17.4. The molecule has 10 nitrogen and oxygen atoms in total. The molecule has 0 aromatic carbocycles. The van der Waals surface area contributed by atoms with E-state index in [1.807, 2.05) is 13.8 Å². The highest BCUT2D eigenvalue weighted by Crippen LogP contribution is 2.26. The molecule has 0 aliphatic rings. The molecule has 12 heteroatoms. The van der Waals surface area contributed by atoms with Crippen molar-refractivity contribution < 1.29 is 8.42 Å². The monoisotopic (exact) mass is 456 g/mol. The van der Waals surface area contributed by atoms with Gasteiger partial charge < -0.3 is 0 Å². The Kier molecular flexibility index (Phi) is 6.23. The van der Waals surface area contributed by atoms with Gasteiger partial charge in [-0.1, -0.05) is 38.3 Å². The molecule has 0 aliphatic carbocycles. The molecule has 0 aliphatic heterocycles. The van der Waals surface area contributed by atoms with E-state index in [9.17, 15) is 18.0 Å². The number of unbranched alkanes of at least 4 members (excludes halogenated alkanes) is 2. The summed E-state index contributed by atoms with van der Waals surface area (Å²) in [5, 5.41) is 8.05. The van der Waals surface area contributed by atoms with Gasteiger partial charge in [0.05, 0.1) is 17.4 Å². The van der Waals surface area contributed by atoms with Gasteiger partial charge in [0.2, 0.25) is 0 Å². The number of fused-ring (bicyclic) bond motifs is 1. The Morgan fingerprint density at radius 2 is 1.63 bits per heavy atom. The molecule has 3 heterocycles. The van der Waals surface area contributed by atoms with Gasteiger partial charge in [-0.25, -0.2) is 4.79 Å². The zero-order chi connectivity index (χ0) is 22.2. The van der Waals surface area contributed by atoms with Gasteiger partial charge in [-0.15, -0.1) is 0 Å². The van der Waals surface area contributed by atoms with Gasteiger partial charge in [0.25, 0.3) is 15.6 Å². The molecule has 0 saturated carbocycles. The van der Waals surface area contributed by atoms with Crippen LogP contribution in [0.3, 0.4) is 0 Å². The van der Waals surface area contributed by atoms with E-state index < -0.39 is 21.3 Å². The summed E-state index contributed by atoms with van der Waals surface area (Å²) in [6.07, 6.45) is 4.19. The Balaban J connectivity index is 2.30. The molecule has 0 fully saturated rings. The van der Waals surface area contributed by atoms with E-state index in [-0.39, 0.29) is 33.3 Å². The molecule has 164 valence electrons. The Bertz CT molecular complexity index is 1320. The summed E-state index contributed by atoms with van der Waals surface area (Å²) in [7, 11) is -2.68. The topological polar surface area (TPSA) is 114 Å². The van der Waals surface area contributed by atoms with Crippen molar-refractivity contribution in [3.05, 3.63) is 37.9 Å². The van der Waals surface area contributed by atoms with Gasteiger partial charge in [0.1, 0.15) is 10.0 Å². The zero-order valence-corrected chi connectivity index (χ0v) is 19.0. The van der Waals surface area contributed by atoms with Gasteiger partial charge in [-0.05, 0) is 19.8 Å². The van der Waals surface area contributed by atoms with Crippen LogP contribution in [0.4, 0.5) is 0 Å². The fourth-order valence-electron chi connectivity index (χ4n) is 3.32. The normalized spacial score (nSPS) is 12.2. The number of nitrogens with zero attached hydrogens (tertiary/aromatic N) is 6. The average Bonchev–Trinajstić information content (AvgIpc) is 3.24. The summed E-state index contributed by atoms with van der Waals surface area (Å²) in [4.78, 5) is 25.7. The molecule has 0 amide bonds. The second-order valence-corrected chi connectivity index (χ2v) is 9.26. The van der Waals surface area contributed by atoms with Crippen molar-refractivity contribution in [1.82, 2.24) is 28.1 Å². The van der Waals surface area contributed by atoms with E-state index in [1.54, 1.807) is 0 Å². The Morgan fingerprint density at radius 3 is 2.17 bits per heavy atom. The van der Waals surface area contributed by atoms with Crippen LogP contribution in [0.2, 0.25) is 5.15 Å². The molecule has 0 radical (unpaired) electrons. The first-order chi connectivity index (χ1) is 14.1. The van der Waals surface area contributed by atoms with Crippen LogP contribution in [-0.2, 0) is 30.2 Å². The van der Waals surface area contributed by atoms with Crippen molar-refractivity contribution in [2.75, 3.05) is 0 Å². The molecule has 3 rings (SSSR count). The number of halogens is 1. The second-order valence-electron chi connectivity index (χ2n) is 7.17. The lowest BCUT2D eigenvalue weighted by Crippen LogP contribution is -2.40. The highest BCUT2D eigenvalue weighted by Gasteiger charge is 2.29. The molecule has 0 N–H and O–H groups in total. The van der Waals surface area contributed by atoms with Crippen molar-refractivity contribution in [3.8, 4) is 0 Å². The van der Waals surface area contributed by atoms with Crippen LogP contribution in [0, 0.1) is 6.92 Å². The first-order valence-electron chi connectivity index (χ1n) is 9.82. The number of aryl methyl sites for hydroxylation is 3. The first-order valence-corrected chi connectivity index (χ1v) is 11.6. The molecule has 0 bridgehead atoms. The Morgan fingerprint density at radius 1 is 1.03 bits per heavy atom. The van der Waals surface area contributed by atoms with Gasteiger partial charge >= 0.3 is 5.69 Å². The largest absolute Gasteiger partial charge is 0.331 e. The minimum absolute atomic E-state index is 0.0595. The van der Waals surface area contributed by atoms with Gasteiger partial charge in [0.15, 0.2) is 5.52 Å². The molecule has 0 unspecified atom stereocenters. The quantitative estimate of drug-likeness (QED) is 0.511. The van der Waals surface area contributed by atoms with Gasteiger partial charge in [-0.3, -0.25) is 18.6 Å². The fraction of sp³-hybridized carbons (Fsp3) is 0.556. The lowest BCUT2D eigenvalue weighted by atomic mass is 10.3. The van der Waals surface area contributed by atoms with E-state index >= 15 is 0 Å². The second kappa shape index (κ2) is 8.38. The Labute approximate surface area is 178 Å². The van der Waals surface area contributed by atoms with E-state index in [4.69, 9.17) is 11.6 Å². The Hall–Kier alpha value is -2.40. The van der Waals surface area contributed by atoms with E-state index in [0.717, 1.165) is 17.4 Å². The van der Waals surface area contributed by atoms with E-state index in [2.05, 4.69) is 10.2 Å². The standard InChI is InChI=1S/C18H25ClN6O4S/c1-5-7-9-23-13-11-25(30(28,29)15-12(3)20-22(4)16(15)19)21-14(13)17(26)24(18(23)27)10-8-6-2/h11H,5-10H2,1-4H3. The third-order valence-electron chi connectivity index (χ3n) is 4.95. The molecular formula is C18H25ClN6O4S. The summed E-state index contributed by atoms with van der Waals surface area (Å²) in [6.45, 7) is 6.08. The maximum atomic E-state index is 13.2. The summed E-state index contributed by atoms with van der Waals surface area (Å²) < 4.78 is 30.9. The van der Waals surface area contributed by atoms with E-state index in [1.165, 1.54) is 29.4 Å². The van der Waals surface area contributed by atoms with Crippen LogP contribution < -0.4 is 11.2 Å². The number of hydrogen-bond acceptors (Lipinski definition) is 6. The fourth-order valence-corrected chi connectivity index (χ4v) is 5.16. The lowest BCUT2D eigenvalue weighted by molar-refractivity contribution is 0.532. The van der Waals surface area contributed by atoms with Crippen LogP contribution in [-0.4, -0.2) is 36.5 Å². The first kappa shape index (κ1) is 22.3. The predicted octanol–water partition coefficient (Wildman–Crippen LogP) is 1.89. The summed E-state index contributed by atoms with van der Waals surface area (Å²) in [5.74, 6) is 0. The van der Waals surface area contributed by atoms with Crippen molar-refractivity contribution >= 4 is 32.7 Å². The van der Waals surface area contributed by atoms with Crippen LogP contribution in [0.5, 0.6) is 0 Å². The highest BCUT2D eigenvalue weighted by molar-refractivity contribution is 7.90. The molecule has 3 aromatic heterocycles. The number of aromatic nitrogens is 6. The summed E-state index contributed by atoms with van der Waals surface area (Å²) in [5.41, 5.74) is -0.720. The van der Waals surface area contributed by atoms with Crippen LogP contribution >= 0.6 is 11.6 Å². The molecule has 3 aromatic rings. The van der Waals surface area contributed by atoms with Crippen molar-refractivity contribution in [2.45, 2.75) is 64.4 Å². The minimum Gasteiger partial charge on any atom is -0.290 e. The maximum Gasteiger partial charge on any atom is 0.331 e. The van der Waals surface area contributed by atoms with Crippen LogP contribution in [0.1, 0.15) is 45.2 Å².